The number of amides is 1. The lowest BCUT2D eigenvalue weighted by Gasteiger charge is -2.41. The van der Waals surface area contributed by atoms with Gasteiger partial charge in [0.15, 0.2) is 5.82 Å². The van der Waals surface area contributed by atoms with Crippen molar-refractivity contribution < 1.29 is 9.53 Å². The van der Waals surface area contributed by atoms with Gasteiger partial charge in [-0.05, 0) is 43.5 Å². The van der Waals surface area contributed by atoms with Crippen molar-refractivity contribution in [3.8, 4) is 10.4 Å². The molecule has 0 saturated carbocycles. The predicted octanol–water partition coefficient (Wildman–Crippen LogP) is 4.01. The van der Waals surface area contributed by atoms with Crippen molar-refractivity contribution in [3.63, 3.8) is 0 Å². The first-order valence-electron chi connectivity index (χ1n) is 8.63. The van der Waals surface area contributed by atoms with E-state index in [0.717, 1.165) is 17.0 Å². The molecule has 6 heteroatoms. The van der Waals surface area contributed by atoms with E-state index < -0.39 is 6.09 Å². The Kier molecular flexibility index (Phi) is 4.81. The number of ether oxygens (including phenoxy) is 1. The molecule has 0 unspecified atom stereocenters. The largest absolute Gasteiger partial charge is 0.445 e. The second-order valence-electron chi connectivity index (χ2n) is 6.45. The summed E-state index contributed by atoms with van der Waals surface area (Å²) >= 11 is 1.50. The summed E-state index contributed by atoms with van der Waals surface area (Å²) in [5, 5.41) is 2.76. The Morgan fingerprint density at radius 1 is 1.32 bits per heavy atom. The highest BCUT2D eigenvalue weighted by Crippen LogP contribution is 2.32. The van der Waals surface area contributed by atoms with Gasteiger partial charge in [-0.2, -0.15) is 0 Å². The lowest BCUT2D eigenvalue weighted by atomic mass is 9.84. The number of anilines is 1. The van der Waals surface area contributed by atoms with Crippen LogP contribution in [0.5, 0.6) is 0 Å². The summed E-state index contributed by atoms with van der Waals surface area (Å²) in [4.78, 5) is 19.7. The molecule has 3 aliphatic rings. The maximum Gasteiger partial charge on any atom is 0.413 e. The molecule has 1 N–H and O–H groups in total. The zero-order valence-corrected chi connectivity index (χ0v) is 14.8. The van der Waals surface area contributed by atoms with Gasteiger partial charge in [0.2, 0.25) is 0 Å². The van der Waals surface area contributed by atoms with Gasteiger partial charge < -0.3 is 4.74 Å². The van der Waals surface area contributed by atoms with Crippen LogP contribution in [0.25, 0.3) is 10.4 Å². The maximum atomic E-state index is 12.1. The molecule has 3 saturated heterocycles. The van der Waals surface area contributed by atoms with Gasteiger partial charge in [-0.3, -0.25) is 10.2 Å². The Labute approximate surface area is 151 Å². The third-order valence-electron chi connectivity index (χ3n) is 4.90. The van der Waals surface area contributed by atoms with Gasteiger partial charge in [0.1, 0.15) is 6.61 Å². The van der Waals surface area contributed by atoms with E-state index in [1.807, 2.05) is 30.3 Å². The van der Waals surface area contributed by atoms with Crippen LogP contribution in [-0.4, -0.2) is 42.2 Å². The van der Waals surface area contributed by atoms with Crippen LogP contribution in [0.1, 0.15) is 12.8 Å². The molecule has 2 aromatic rings. The zero-order valence-electron chi connectivity index (χ0n) is 14.0. The average Bonchev–Trinajstić information content (AvgIpc) is 3.11. The fraction of sp³-hybridized carbons (Fsp3) is 0.368. The molecule has 1 aromatic heterocycles. The van der Waals surface area contributed by atoms with Crippen LogP contribution >= 0.6 is 11.3 Å². The van der Waals surface area contributed by atoms with Crippen molar-refractivity contribution in [2.24, 2.45) is 5.92 Å². The van der Waals surface area contributed by atoms with Crippen LogP contribution in [-0.2, 0) is 4.74 Å². The summed E-state index contributed by atoms with van der Waals surface area (Å²) in [7, 11) is 0. The van der Waals surface area contributed by atoms with Crippen LogP contribution in [0, 0.1) is 5.92 Å². The minimum absolute atomic E-state index is 0.316. The number of carbonyl (C=O) groups is 1. The monoisotopic (exact) mass is 355 g/mol. The van der Waals surface area contributed by atoms with Crippen molar-refractivity contribution in [2.75, 3.05) is 31.6 Å². The minimum atomic E-state index is -0.457. The first kappa shape index (κ1) is 16.3. The summed E-state index contributed by atoms with van der Waals surface area (Å²) in [6.07, 6.45) is 4.09. The molecule has 0 atom stereocenters. The van der Waals surface area contributed by atoms with Gasteiger partial charge in [-0.15, -0.1) is 11.3 Å². The van der Waals surface area contributed by atoms with E-state index in [2.05, 4.69) is 21.3 Å². The maximum absolute atomic E-state index is 12.1. The van der Waals surface area contributed by atoms with Crippen molar-refractivity contribution in [1.82, 2.24) is 9.88 Å². The van der Waals surface area contributed by atoms with Gasteiger partial charge in [0.05, 0.1) is 10.4 Å². The second kappa shape index (κ2) is 7.37. The Morgan fingerprint density at radius 3 is 2.84 bits per heavy atom. The molecule has 25 heavy (non-hydrogen) atoms. The molecule has 5 rings (SSSR count). The first-order chi connectivity index (χ1) is 12.3. The van der Waals surface area contributed by atoms with Crippen LogP contribution in [0.3, 0.4) is 0 Å². The number of piperidine rings is 3. The summed E-state index contributed by atoms with van der Waals surface area (Å²) in [5.41, 5.74) is 4.19. The van der Waals surface area contributed by atoms with Gasteiger partial charge >= 0.3 is 6.09 Å². The van der Waals surface area contributed by atoms with E-state index in [0.29, 0.717) is 18.3 Å². The molecule has 3 fully saturated rings. The summed E-state index contributed by atoms with van der Waals surface area (Å²) in [6.45, 7) is 3.75. The number of nitrogens with one attached hydrogen (secondary N) is 1. The zero-order chi connectivity index (χ0) is 17.1. The second-order valence-corrected chi connectivity index (χ2v) is 7.30. The number of carbonyl (C=O) groups excluding carboxylic acids is 1. The molecular formula is C19H21N3O2S. The molecule has 0 aliphatic carbocycles. The normalized spacial score (nSPS) is 23.6. The van der Waals surface area contributed by atoms with E-state index in [9.17, 15) is 4.79 Å². The number of aromatic nitrogens is 1. The lowest BCUT2D eigenvalue weighted by molar-refractivity contribution is 0.156. The number of fused-ring (bicyclic) bond motifs is 3. The van der Waals surface area contributed by atoms with Gasteiger partial charge in [-0.25, -0.2) is 9.78 Å². The molecule has 4 heterocycles. The summed E-state index contributed by atoms with van der Waals surface area (Å²) in [5.74, 6) is 1.23. The predicted molar refractivity (Wildman–Crippen MR) is 99.8 cm³/mol. The molecule has 130 valence electrons. The Balaban J connectivity index is 1.34. The van der Waals surface area contributed by atoms with Crippen molar-refractivity contribution in [3.05, 3.63) is 47.5 Å². The highest BCUT2D eigenvalue weighted by atomic mass is 32.1. The fourth-order valence-corrected chi connectivity index (χ4v) is 4.32. The SMILES string of the molecule is O=C(Nc1ncsc1-c1ccccc1)OCC=C1CN2CCC1CC2. The number of nitrogens with zero attached hydrogens (tertiary/aromatic N) is 2. The van der Waals surface area contributed by atoms with Crippen LogP contribution in [0.15, 0.2) is 47.5 Å². The van der Waals surface area contributed by atoms with Crippen LogP contribution in [0.4, 0.5) is 10.6 Å². The molecule has 0 radical (unpaired) electrons. The lowest BCUT2D eigenvalue weighted by Crippen LogP contribution is -2.43. The number of benzene rings is 1. The Morgan fingerprint density at radius 2 is 2.12 bits per heavy atom. The number of hydrogen-bond donors (Lipinski definition) is 1. The standard InChI is InChI=1S/C19H21N3O2S/c23-19(24-11-8-16-12-22-9-6-14(16)7-10-22)21-18-17(25-13-20-18)15-4-2-1-3-5-15/h1-5,8,13-14H,6-7,9-12H2,(H,21,23). The summed E-state index contributed by atoms with van der Waals surface area (Å²) in [6, 6.07) is 9.91. The fourth-order valence-electron chi connectivity index (χ4n) is 3.57. The van der Waals surface area contributed by atoms with Crippen molar-refractivity contribution in [2.45, 2.75) is 12.8 Å². The van der Waals surface area contributed by atoms with E-state index in [1.165, 1.54) is 42.8 Å². The van der Waals surface area contributed by atoms with Crippen molar-refractivity contribution >= 4 is 23.2 Å². The van der Waals surface area contributed by atoms with E-state index in [4.69, 9.17) is 4.74 Å². The van der Waals surface area contributed by atoms with E-state index >= 15 is 0 Å². The summed E-state index contributed by atoms with van der Waals surface area (Å²) < 4.78 is 5.34. The Bertz CT molecular complexity index is 764. The molecule has 0 spiro atoms. The third kappa shape index (κ3) is 3.75. The topological polar surface area (TPSA) is 54.5 Å². The molecular weight excluding hydrogens is 334 g/mol. The Hall–Kier alpha value is -2.18. The highest BCUT2D eigenvalue weighted by Gasteiger charge is 2.29. The molecule has 2 bridgehead atoms. The quantitative estimate of drug-likeness (QED) is 0.842. The molecule has 5 nitrogen and oxygen atoms in total. The van der Waals surface area contributed by atoms with Gasteiger partial charge in [0, 0.05) is 6.54 Å². The average molecular weight is 355 g/mol. The van der Waals surface area contributed by atoms with Gasteiger partial charge in [-0.1, -0.05) is 35.9 Å². The number of hydrogen-bond acceptors (Lipinski definition) is 5. The van der Waals surface area contributed by atoms with Crippen LogP contribution in [0.2, 0.25) is 0 Å². The molecule has 1 amide bonds. The van der Waals surface area contributed by atoms with Crippen molar-refractivity contribution in [1.29, 1.82) is 0 Å². The first-order valence-corrected chi connectivity index (χ1v) is 9.51. The van der Waals surface area contributed by atoms with E-state index in [1.54, 1.807) is 5.51 Å². The number of rotatable bonds is 4. The number of thiazole rings is 1. The van der Waals surface area contributed by atoms with E-state index in [-0.39, 0.29) is 0 Å². The third-order valence-corrected chi connectivity index (χ3v) is 5.78. The van der Waals surface area contributed by atoms with Crippen LogP contribution < -0.4 is 5.32 Å². The minimum Gasteiger partial charge on any atom is -0.445 e. The molecule has 3 aliphatic heterocycles. The van der Waals surface area contributed by atoms with Gasteiger partial charge in [0.25, 0.3) is 0 Å². The smallest absolute Gasteiger partial charge is 0.413 e. The highest BCUT2D eigenvalue weighted by molar-refractivity contribution is 7.13. The molecule has 1 aromatic carbocycles.